The van der Waals surface area contributed by atoms with E-state index in [4.69, 9.17) is 0 Å². The van der Waals surface area contributed by atoms with E-state index in [-0.39, 0.29) is 0 Å². The van der Waals surface area contributed by atoms with Gasteiger partial charge in [-0.3, -0.25) is 0 Å². The average Bonchev–Trinajstić information content (AvgIpc) is 3.06. The molecule has 0 aromatic heterocycles. The van der Waals surface area contributed by atoms with Gasteiger partial charge in [0.05, 0.1) is 0 Å². The summed E-state index contributed by atoms with van der Waals surface area (Å²) in [6.07, 6.45) is 0. The van der Waals surface area contributed by atoms with Crippen molar-refractivity contribution in [1.82, 2.24) is 8.61 Å². The summed E-state index contributed by atoms with van der Waals surface area (Å²) >= 11 is 0. The van der Waals surface area contributed by atoms with Crippen molar-refractivity contribution in [2.24, 2.45) is 0 Å². The maximum absolute atomic E-state index is 12.0. The van der Waals surface area contributed by atoms with E-state index < -0.39 is 10.2 Å². The number of nitrogens with zero attached hydrogens (tertiary/aromatic N) is 2. The molecule has 0 saturated carbocycles. The van der Waals surface area contributed by atoms with E-state index in [2.05, 4.69) is 19.1 Å². The molecule has 5 heteroatoms. The lowest BCUT2D eigenvalue weighted by molar-refractivity contribution is 0.438. The van der Waals surface area contributed by atoms with Gasteiger partial charge in [0.25, 0.3) is 10.2 Å². The highest BCUT2D eigenvalue weighted by molar-refractivity contribution is 7.86. The molecule has 0 radical (unpaired) electrons. The van der Waals surface area contributed by atoms with E-state index in [0.717, 1.165) is 16.7 Å². The molecule has 2 rings (SSSR count). The SMILES string of the molecule is Cc1cc(C)c(CN(C)S(=O)(=O)N2CC2)c(C)c1. The topological polar surface area (TPSA) is 40.4 Å². The Labute approximate surface area is 109 Å². The van der Waals surface area contributed by atoms with Crippen LogP contribution in [0.15, 0.2) is 12.1 Å². The van der Waals surface area contributed by atoms with Gasteiger partial charge in [-0.15, -0.1) is 0 Å². The van der Waals surface area contributed by atoms with Crippen LogP contribution in [-0.2, 0) is 16.8 Å². The normalized spacial score (nSPS) is 16.3. The molecule has 1 aliphatic heterocycles. The molecule has 1 heterocycles. The van der Waals surface area contributed by atoms with Crippen molar-refractivity contribution in [3.05, 3.63) is 34.4 Å². The Kier molecular flexibility index (Phi) is 3.49. The molecule has 18 heavy (non-hydrogen) atoms. The van der Waals surface area contributed by atoms with Gasteiger partial charge in [0.2, 0.25) is 0 Å². The van der Waals surface area contributed by atoms with E-state index >= 15 is 0 Å². The molecular formula is C13H20N2O2S. The summed E-state index contributed by atoms with van der Waals surface area (Å²) in [4.78, 5) is 0. The Morgan fingerprint density at radius 2 is 1.67 bits per heavy atom. The molecule has 0 amide bonds. The molecule has 0 N–H and O–H groups in total. The average molecular weight is 268 g/mol. The molecule has 1 aromatic rings. The maximum atomic E-state index is 12.0. The molecule has 1 aromatic carbocycles. The molecule has 1 aliphatic rings. The predicted octanol–water partition coefficient (Wildman–Crippen LogP) is 1.60. The largest absolute Gasteiger partial charge is 0.282 e. The molecule has 1 saturated heterocycles. The summed E-state index contributed by atoms with van der Waals surface area (Å²) in [7, 11) is -1.60. The number of rotatable bonds is 4. The molecular weight excluding hydrogens is 248 g/mol. The Morgan fingerprint density at radius 3 is 2.11 bits per heavy atom. The van der Waals surface area contributed by atoms with Crippen molar-refractivity contribution in [2.45, 2.75) is 27.3 Å². The monoisotopic (exact) mass is 268 g/mol. The summed E-state index contributed by atoms with van der Waals surface area (Å²) in [5, 5.41) is 0. The Balaban J connectivity index is 2.24. The number of aryl methyl sites for hydroxylation is 3. The summed E-state index contributed by atoms with van der Waals surface area (Å²) in [5.41, 5.74) is 4.62. The maximum Gasteiger partial charge on any atom is 0.282 e. The molecule has 0 bridgehead atoms. The number of hydrogen-bond acceptors (Lipinski definition) is 2. The minimum atomic E-state index is -3.24. The van der Waals surface area contributed by atoms with Crippen LogP contribution in [0.1, 0.15) is 22.3 Å². The Bertz CT molecular complexity index is 539. The second-order valence-corrected chi connectivity index (χ2v) is 7.08. The van der Waals surface area contributed by atoms with Crippen LogP contribution in [0.3, 0.4) is 0 Å². The molecule has 1 fully saturated rings. The van der Waals surface area contributed by atoms with Gasteiger partial charge in [-0.2, -0.15) is 17.0 Å². The van der Waals surface area contributed by atoms with E-state index in [1.807, 2.05) is 13.8 Å². The van der Waals surface area contributed by atoms with Crippen LogP contribution in [0.5, 0.6) is 0 Å². The van der Waals surface area contributed by atoms with Crippen LogP contribution >= 0.6 is 0 Å². The van der Waals surface area contributed by atoms with E-state index in [1.165, 1.54) is 14.2 Å². The van der Waals surface area contributed by atoms with Gasteiger partial charge in [0.15, 0.2) is 0 Å². The van der Waals surface area contributed by atoms with Gasteiger partial charge >= 0.3 is 0 Å². The lowest BCUT2D eigenvalue weighted by Gasteiger charge is -2.20. The first-order valence-electron chi connectivity index (χ1n) is 6.10. The molecule has 4 nitrogen and oxygen atoms in total. The van der Waals surface area contributed by atoms with E-state index in [1.54, 1.807) is 7.05 Å². The molecule has 100 valence electrons. The van der Waals surface area contributed by atoms with Crippen molar-refractivity contribution in [3.8, 4) is 0 Å². The van der Waals surface area contributed by atoms with Crippen LogP contribution in [0.2, 0.25) is 0 Å². The Hall–Kier alpha value is -0.910. The molecule has 0 spiro atoms. The number of hydrogen-bond donors (Lipinski definition) is 0. The third kappa shape index (κ3) is 2.58. The van der Waals surface area contributed by atoms with Gasteiger partial charge in [-0.25, -0.2) is 0 Å². The highest BCUT2D eigenvalue weighted by atomic mass is 32.2. The first-order chi connectivity index (χ1) is 8.32. The quantitative estimate of drug-likeness (QED) is 0.778. The summed E-state index contributed by atoms with van der Waals surface area (Å²) in [5.74, 6) is 0. The molecule has 0 unspecified atom stereocenters. The van der Waals surface area contributed by atoms with Crippen LogP contribution in [0.4, 0.5) is 0 Å². The van der Waals surface area contributed by atoms with Crippen molar-refractivity contribution >= 4 is 10.2 Å². The van der Waals surface area contributed by atoms with E-state index in [0.29, 0.717) is 19.6 Å². The fraction of sp³-hybridized carbons (Fsp3) is 0.538. The van der Waals surface area contributed by atoms with Crippen molar-refractivity contribution in [3.63, 3.8) is 0 Å². The van der Waals surface area contributed by atoms with Gasteiger partial charge in [-0.05, 0) is 37.5 Å². The van der Waals surface area contributed by atoms with Crippen LogP contribution < -0.4 is 0 Å². The predicted molar refractivity (Wildman–Crippen MR) is 72.6 cm³/mol. The zero-order valence-corrected chi connectivity index (χ0v) is 12.2. The minimum Gasteiger partial charge on any atom is -0.195 e. The summed E-state index contributed by atoms with van der Waals surface area (Å²) in [6, 6.07) is 4.19. The highest BCUT2D eigenvalue weighted by Gasteiger charge is 2.35. The first kappa shape index (κ1) is 13.5. The van der Waals surface area contributed by atoms with Crippen LogP contribution in [0, 0.1) is 20.8 Å². The molecule has 0 atom stereocenters. The third-order valence-corrected chi connectivity index (χ3v) is 5.28. The van der Waals surface area contributed by atoms with Gasteiger partial charge < -0.3 is 0 Å². The fourth-order valence-corrected chi connectivity index (χ4v) is 3.46. The smallest absolute Gasteiger partial charge is 0.195 e. The standard InChI is InChI=1S/C13H20N2O2S/c1-10-7-11(2)13(12(3)8-10)9-14(4)18(16,17)15-5-6-15/h7-8H,5-6,9H2,1-4H3. The zero-order valence-electron chi connectivity index (χ0n) is 11.4. The third-order valence-electron chi connectivity index (χ3n) is 3.35. The first-order valence-corrected chi connectivity index (χ1v) is 7.50. The minimum absolute atomic E-state index is 0.441. The second kappa shape index (κ2) is 4.64. The second-order valence-electron chi connectivity index (χ2n) is 5.04. The summed E-state index contributed by atoms with van der Waals surface area (Å²) in [6.45, 7) is 7.87. The van der Waals surface area contributed by atoms with E-state index in [9.17, 15) is 8.42 Å². The van der Waals surface area contributed by atoms with Gasteiger partial charge in [-0.1, -0.05) is 17.7 Å². The van der Waals surface area contributed by atoms with Crippen LogP contribution in [-0.4, -0.2) is 37.2 Å². The van der Waals surface area contributed by atoms with Gasteiger partial charge in [0, 0.05) is 26.7 Å². The zero-order chi connectivity index (χ0) is 13.5. The lowest BCUT2D eigenvalue weighted by Crippen LogP contribution is -2.32. The molecule has 0 aliphatic carbocycles. The Morgan fingerprint density at radius 1 is 1.17 bits per heavy atom. The van der Waals surface area contributed by atoms with Crippen molar-refractivity contribution in [1.29, 1.82) is 0 Å². The highest BCUT2D eigenvalue weighted by Crippen LogP contribution is 2.22. The summed E-state index contributed by atoms with van der Waals surface area (Å²) < 4.78 is 27.0. The van der Waals surface area contributed by atoms with Crippen molar-refractivity contribution < 1.29 is 8.42 Å². The number of benzene rings is 1. The van der Waals surface area contributed by atoms with Gasteiger partial charge in [0.1, 0.15) is 0 Å². The van der Waals surface area contributed by atoms with Crippen LogP contribution in [0.25, 0.3) is 0 Å². The van der Waals surface area contributed by atoms with Crippen molar-refractivity contribution in [2.75, 3.05) is 20.1 Å². The lowest BCUT2D eigenvalue weighted by atomic mass is 10.00. The fourth-order valence-electron chi connectivity index (χ4n) is 2.23.